The molecule has 0 bridgehead atoms. The van der Waals surface area contributed by atoms with Gasteiger partial charge in [-0.25, -0.2) is 0 Å². The molecule has 15 nitrogen and oxygen atoms in total. The topological polar surface area (TPSA) is 138 Å². The van der Waals surface area contributed by atoms with E-state index in [4.69, 9.17) is 71.1 Å². The van der Waals surface area contributed by atoms with Gasteiger partial charge in [-0.3, -0.25) is 0 Å². The molecule has 280 valence electrons. The third kappa shape index (κ3) is 10.7. The average molecular weight is 703 g/mol. The average Bonchev–Trinajstić information content (AvgIpc) is 3.12. The summed E-state index contributed by atoms with van der Waals surface area (Å²) in [6.07, 6.45) is 3.07. The maximum atomic E-state index is 6.11. The Labute approximate surface area is 289 Å². The van der Waals surface area contributed by atoms with E-state index >= 15 is 0 Å². The number of rotatable bonds is 27. The van der Waals surface area contributed by atoms with Crippen LogP contribution in [0, 0.1) is 0 Å². The van der Waals surface area contributed by atoms with Crippen LogP contribution in [0.4, 0.5) is 0 Å². The van der Waals surface area contributed by atoms with Crippen molar-refractivity contribution in [3.05, 3.63) is 16.7 Å². The van der Waals surface area contributed by atoms with Crippen LogP contribution in [0.25, 0.3) is 0 Å². The normalized spacial score (nSPS) is 11.0. The Bertz CT molecular complexity index is 1250. The number of unbranched alkanes of at least 4 members (excludes halogenated alkanes) is 2. The minimum absolute atomic E-state index is 0.0148. The summed E-state index contributed by atoms with van der Waals surface area (Å²) in [6, 6.07) is 0. The number of ether oxygens (including phenoxy) is 15. The van der Waals surface area contributed by atoms with Crippen molar-refractivity contribution in [1.82, 2.24) is 0 Å². The van der Waals surface area contributed by atoms with Gasteiger partial charge < -0.3 is 71.1 Å². The first kappa shape index (κ1) is 41.6. The molecule has 2 aromatic rings. The van der Waals surface area contributed by atoms with Crippen molar-refractivity contribution in [1.29, 1.82) is 0 Å². The van der Waals surface area contributed by atoms with E-state index in [0.29, 0.717) is 70.2 Å². The highest BCUT2D eigenvalue weighted by Crippen LogP contribution is 2.54. The van der Waals surface area contributed by atoms with Crippen molar-refractivity contribution in [3.63, 3.8) is 0 Å². The molecular formula is C34H54O15. The second kappa shape index (κ2) is 22.9. The van der Waals surface area contributed by atoms with Crippen molar-refractivity contribution >= 4 is 0 Å². The standard InChI is InChI=1S/C34H54O15/c1-35-18-46-29-22(26(41-7)31(48-20-37-3)24(28(29)43-9)17-25(39-5)40-6)15-13-12-14-16-23-27(42-8)34(49-21-38-4)33(45-11)32(44-10)30(23)47-19-36-2/h25H,12-21H2,1-11H3. The Morgan fingerprint density at radius 3 is 1.06 bits per heavy atom. The van der Waals surface area contributed by atoms with Gasteiger partial charge in [0.05, 0.1) is 35.5 Å². The van der Waals surface area contributed by atoms with Crippen LogP contribution in [-0.4, -0.2) is 112 Å². The van der Waals surface area contributed by atoms with Gasteiger partial charge in [0, 0.05) is 65.8 Å². The van der Waals surface area contributed by atoms with E-state index in [9.17, 15) is 0 Å². The van der Waals surface area contributed by atoms with E-state index in [1.165, 1.54) is 28.4 Å². The predicted octanol–water partition coefficient (Wildman–Crippen LogP) is 4.78. The first-order chi connectivity index (χ1) is 23.9. The Morgan fingerprint density at radius 1 is 0.347 bits per heavy atom. The van der Waals surface area contributed by atoms with Crippen molar-refractivity contribution in [2.45, 2.75) is 44.8 Å². The Kier molecular flexibility index (Phi) is 19.4. The molecule has 0 saturated heterocycles. The van der Waals surface area contributed by atoms with E-state index in [1.807, 2.05) is 0 Å². The fourth-order valence-electron chi connectivity index (χ4n) is 5.37. The number of benzene rings is 2. The zero-order valence-electron chi connectivity index (χ0n) is 30.8. The molecule has 0 aliphatic carbocycles. The lowest BCUT2D eigenvalue weighted by molar-refractivity contribution is -0.101. The van der Waals surface area contributed by atoms with Crippen molar-refractivity contribution in [3.8, 4) is 51.7 Å². The lowest BCUT2D eigenvalue weighted by atomic mass is 9.97. The maximum Gasteiger partial charge on any atom is 0.211 e. The molecule has 0 amide bonds. The fraction of sp³-hybridized carbons (Fsp3) is 0.647. The summed E-state index contributed by atoms with van der Waals surface area (Å²) in [5.41, 5.74) is 2.12. The maximum absolute atomic E-state index is 6.11. The third-order valence-electron chi connectivity index (χ3n) is 7.44. The van der Waals surface area contributed by atoms with Crippen LogP contribution in [0.3, 0.4) is 0 Å². The Morgan fingerprint density at radius 2 is 0.673 bits per heavy atom. The van der Waals surface area contributed by atoms with E-state index in [1.54, 1.807) is 49.8 Å². The minimum atomic E-state index is -0.587. The number of hydrogen-bond donors (Lipinski definition) is 0. The molecule has 0 radical (unpaired) electrons. The van der Waals surface area contributed by atoms with Gasteiger partial charge in [-0.15, -0.1) is 0 Å². The summed E-state index contributed by atoms with van der Waals surface area (Å²) in [5.74, 6) is 3.75. The third-order valence-corrected chi connectivity index (χ3v) is 7.44. The summed E-state index contributed by atoms with van der Waals surface area (Å²) in [6.45, 7) is -0.0811. The molecule has 0 saturated carbocycles. The first-order valence-corrected chi connectivity index (χ1v) is 15.6. The Hall–Kier alpha value is -3.60. The van der Waals surface area contributed by atoms with Crippen LogP contribution in [-0.2, 0) is 47.7 Å². The monoisotopic (exact) mass is 702 g/mol. The molecule has 2 rings (SSSR count). The van der Waals surface area contributed by atoms with Crippen LogP contribution in [0.1, 0.15) is 36.0 Å². The fourth-order valence-corrected chi connectivity index (χ4v) is 5.37. The van der Waals surface area contributed by atoms with E-state index < -0.39 is 6.29 Å². The van der Waals surface area contributed by atoms with Crippen molar-refractivity contribution in [2.75, 3.05) is 105 Å². The van der Waals surface area contributed by atoms with Gasteiger partial charge in [0.15, 0.2) is 68.0 Å². The first-order valence-electron chi connectivity index (χ1n) is 15.6. The van der Waals surface area contributed by atoms with E-state index in [2.05, 4.69) is 0 Å². The Balaban J connectivity index is 2.52. The van der Waals surface area contributed by atoms with Crippen LogP contribution < -0.4 is 42.6 Å². The molecule has 2 aromatic carbocycles. The highest BCUT2D eigenvalue weighted by atomic mass is 16.7. The van der Waals surface area contributed by atoms with Gasteiger partial charge in [-0.2, -0.15) is 0 Å². The lowest BCUT2D eigenvalue weighted by Crippen LogP contribution is -2.19. The molecule has 0 aliphatic heterocycles. The highest BCUT2D eigenvalue weighted by Gasteiger charge is 2.31. The second-order valence-corrected chi connectivity index (χ2v) is 10.3. The molecule has 0 heterocycles. The minimum Gasteiger partial charge on any atom is -0.492 e. The molecule has 0 aliphatic rings. The zero-order valence-corrected chi connectivity index (χ0v) is 30.8. The largest absolute Gasteiger partial charge is 0.492 e. The molecule has 0 unspecified atom stereocenters. The summed E-state index contributed by atoms with van der Waals surface area (Å²) in [5, 5.41) is 0. The lowest BCUT2D eigenvalue weighted by Gasteiger charge is -2.26. The predicted molar refractivity (Wildman–Crippen MR) is 178 cm³/mol. The van der Waals surface area contributed by atoms with Crippen LogP contribution in [0.15, 0.2) is 0 Å². The summed E-state index contributed by atoms with van der Waals surface area (Å²) >= 11 is 0. The molecule has 0 N–H and O–H groups in total. The summed E-state index contributed by atoms with van der Waals surface area (Å²) < 4.78 is 85.0. The smallest absolute Gasteiger partial charge is 0.211 e. The van der Waals surface area contributed by atoms with Gasteiger partial charge in [-0.05, 0) is 25.7 Å². The van der Waals surface area contributed by atoms with Gasteiger partial charge in [-0.1, -0.05) is 6.42 Å². The molecular weight excluding hydrogens is 648 g/mol. The van der Waals surface area contributed by atoms with Gasteiger partial charge in [0.2, 0.25) is 17.2 Å². The SMILES string of the molecule is COCOc1c(CCCCCc2c(OCOC)c(OC)c(OC)c(OCOC)c2OC)c(OC)c(OCOC)c(CC(OC)OC)c1OC. The number of methoxy groups -OCH3 is 11. The van der Waals surface area contributed by atoms with Crippen LogP contribution in [0.2, 0.25) is 0 Å². The summed E-state index contributed by atoms with van der Waals surface area (Å²) in [4.78, 5) is 0. The zero-order chi connectivity index (χ0) is 36.2. The van der Waals surface area contributed by atoms with Gasteiger partial charge >= 0.3 is 0 Å². The van der Waals surface area contributed by atoms with Crippen molar-refractivity contribution < 1.29 is 71.1 Å². The molecule has 0 spiro atoms. The van der Waals surface area contributed by atoms with Crippen molar-refractivity contribution in [2.24, 2.45) is 0 Å². The highest BCUT2D eigenvalue weighted by molar-refractivity contribution is 5.70. The molecule has 15 heteroatoms. The molecule has 0 atom stereocenters. The van der Waals surface area contributed by atoms with E-state index in [-0.39, 0.29) is 33.6 Å². The molecule has 0 aromatic heterocycles. The second-order valence-electron chi connectivity index (χ2n) is 10.3. The van der Waals surface area contributed by atoms with Gasteiger partial charge in [0.25, 0.3) is 0 Å². The number of hydrogen-bond acceptors (Lipinski definition) is 15. The van der Waals surface area contributed by atoms with Crippen LogP contribution >= 0.6 is 0 Å². The summed E-state index contributed by atoms with van der Waals surface area (Å²) in [7, 11) is 17.0. The van der Waals surface area contributed by atoms with E-state index in [0.717, 1.165) is 30.4 Å². The quantitative estimate of drug-likeness (QED) is 0.0932. The molecule has 0 fully saturated rings. The van der Waals surface area contributed by atoms with Gasteiger partial charge in [0.1, 0.15) is 0 Å². The van der Waals surface area contributed by atoms with Crippen LogP contribution in [0.5, 0.6) is 51.7 Å². The molecule has 49 heavy (non-hydrogen) atoms.